The number of methoxy groups -OCH3 is 1. The van der Waals surface area contributed by atoms with Crippen LogP contribution in [-0.2, 0) is 6.54 Å². The second-order valence-corrected chi connectivity index (χ2v) is 7.08. The van der Waals surface area contributed by atoms with Crippen LogP contribution in [0.5, 0.6) is 5.75 Å². The van der Waals surface area contributed by atoms with Crippen LogP contribution in [0.1, 0.15) is 27.4 Å². The lowest BCUT2D eigenvalue weighted by Crippen LogP contribution is -2.22. The maximum absolute atomic E-state index is 12.3. The minimum Gasteiger partial charge on any atom is -0.497 e. The highest BCUT2D eigenvalue weighted by Crippen LogP contribution is 2.24. The first-order valence-corrected chi connectivity index (χ1v) is 9.67. The maximum atomic E-state index is 12.3. The summed E-state index contributed by atoms with van der Waals surface area (Å²) >= 11 is 0. The molecule has 0 atom stereocenters. The van der Waals surface area contributed by atoms with Gasteiger partial charge in [0.25, 0.3) is 5.91 Å². The Kier molecular flexibility index (Phi) is 5.39. The molecule has 2 aromatic heterocycles. The number of H-pyrrole nitrogens is 1. The highest BCUT2D eigenvalue weighted by atomic mass is 16.5. The van der Waals surface area contributed by atoms with E-state index in [4.69, 9.17) is 9.15 Å². The zero-order valence-corrected chi connectivity index (χ0v) is 17.2. The lowest BCUT2D eigenvalue weighted by Gasteiger charge is -2.05. The molecule has 2 aromatic carbocycles. The van der Waals surface area contributed by atoms with Crippen LogP contribution in [0.2, 0.25) is 0 Å². The van der Waals surface area contributed by atoms with Crippen LogP contribution in [0.25, 0.3) is 22.6 Å². The van der Waals surface area contributed by atoms with Crippen molar-refractivity contribution in [3.8, 4) is 28.4 Å². The molecule has 6 nitrogen and oxygen atoms in total. The Hall–Kier alpha value is -3.80. The van der Waals surface area contributed by atoms with Crippen molar-refractivity contribution in [1.82, 2.24) is 15.3 Å². The van der Waals surface area contributed by atoms with Gasteiger partial charge in [0.2, 0.25) is 0 Å². The molecule has 0 aliphatic heterocycles. The molecule has 0 bridgehead atoms. The van der Waals surface area contributed by atoms with Crippen LogP contribution in [0.3, 0.4) is 0 Å². The molecule has 4 aromatic rings. The molecule has 2 heterocycles. The molecule has 0 saturated carbocycles. The summed E-state index contributed by atoms with van der Waals surface area (Å²) in [6.45, 7) is 4.06. The van der Waals surface area contributed by atoms with Gasteiger partial charge in [-0.2, -0.15) is 0 Å². The Morgan fingerprint density at radius 3 is 2.40 bits per heavy atom. The molecule has 0 fully saturated rings. The van der Waals surface area contributed by atoms with Crippen LogP contribution in [0.4, 0.5) is 0 Å². The van der Waals surface area contributed by atoms with E-state index in [1.54, 1.807) is 20.1 Å². The number of aryl methyl sites for hydroxylation is 2. The number of carbonyl (C=O) groups excluding carboxylic acids is 1. The third-order valence-electron chi connectivity index (χ3n) is 4.94. The Morgan fingerprint density at radius 2 is 1.77 bits per heavy atom. The molecule has 30 heavy (non-hydrogen) atoms. The number of aromatic amines is 1. The largest absolute Gasteiger partial charge is 0.497 e. The average Bonchev–Trinajstić information content (AvgIpc) is 3.39. The number of hydrogen-bond donors (Lipinski definition) is 2. The molecule has 0 unspecified atom stereocenters. The zero-order chi connectivity index (χ0) is 21.1. The Balaban J connectivity index is 1.41. The van der Waals surface area contributed by atoms with Crippen LogP contribution in [0, 0.1) is 13.8 Å². The number of imidazole rings is 1. The molecule has 2 N–H and O–H groups in total. The van der Waals surface area contributed by atoms with Gasteiger partial charge < -0.3 is 19.5 Å². The summed E-state index contributed by atoms with van der Waals surface area (Å²) in [5, 5.41) is 2.93. The molecule has 0 aliphatic rings. The van der Waals surface area contributed by atoms with E-state index in [9.17, 15) is 4.79 Å². The van der Waals surface area contributed by atoms with E-state index in [0.29, 0.717) is 17.9 Å². The first-order chi connectivity index (χ1) is 14.5. The van der Waals surface area contributed by atoms with Gasteiger partial charge in [-0.3, -0.25) is 4.79 Å². The van der Waals surface area contributed by atoms with Crippen LogP contribution in [0.15, 0.2) is 65.2 Å². The predicted octanol–water partition coefficient (Wildman–Crippen LogP) is 4.89. The van der Waals surface area contributed by atoms with Crippen molar-refractivity contribution in [3.05, 3.63) is 83.4 Å². The van der Waals surface area contributed by atoms with Crippen LogP contribution >= 0.6 is 0 Å². The maximum Gasteiger partial charge on any atom is 0.255 e. The zero-order valence-electron chi connectivity index (χ0n) is 17.2. The van der Waals surface area contributed by atoms with E-state index >= 15 is 0 Å². The number of nitrogens with zero attached hydrogens (tertiary/aromatic N) is 1. The van der Waals surface area contributed by atoms with E-state index in [1.807, 2.05) is 61.7 Å². The lowest BCUT2D eigenvalue weighted by atomic mass is 10.1. The molecule has 0 aliphatic carbocycles. The van der Waals surface area contributed by atoms with E-state index in [-0.39, 0.29) is 5.91 Å². The number of aromatic nitrogens is 2. The number of ether oxygens (including phenoxy) is 1. The molecule has 152 valence electrons. The Labute approximate surface area is 174 Å². The second kappa shape index (κ2) is 8.29. The SMILES string of the molecule is COc1ccc(-c2cnc(-c3ccc(CNC(=O)c4cc(C)oc4C)cc3)[nH]2)cc1. The van der Waals surface area contributed by atoms with Gasteiger partial charge in [0.15, 0.2) is 0 Å². The van der Waals surface area contributed by atoms with Gasteiger partial charge in [0.1, 0.15) is 23.1 Å². The number of hydrogen-bond acceptors (Lipinski definition) is 4. The second-order valence-electron chi connectivity index (χ2n) is 7.08. The van der Waals surface area contributed by atoms with Crippen molar-refractivity contribution in [2.45, 2.75) is 20.4 Å². The highest BCUT2D eigenvalue weighted by Gasteiger charge is 2.13. The fourth-order valence-electron chi connectivity index (χ4n) is 3.30. The summed E-state index contributed by atoms with van der Waals surface area (Å²) in [4.78, 5) is 20.2. The first kappa shape index (κ1) is 19.5. The van der Waals surface area contributed by atoms with Crippen molar-refractivity contribution in [2.24, 2.45) is 0 Å². The Morgan fingerprint density at radius 1 is 1.07 bits per heavy atom. The molecular formula is C24H23N3O3. The van der Waals surface area contributed by atoms with E-state index < -0.39 is 0 Å². The fraction of sp³-hybridized carbons (Fsp3) is 0.167. The van der Waals surface area contributed by atoms with Crippen LogP contribution < -0.4 is 10.1 Å². The van der Waals surface area contributed by atoms with Gasteiger partial charge in [-0.1, -0.05) is 24.3 Å². The quantitative estimate of drug-likeness (QED) is 0.482. The van der Waals surface area contributed by atoms with Crippen molar-refractivity contribution in [3.63, 3.8) is 0 Å². The van der Waals surface area contributed by atoms with Gasteiger partial charge in [-0.05, 0) is 55.3 Å². The van der Waals surface area contributed by atoms with Gasteiger partial charge in [0, 0.05) is 12.1 Å². The lowest BCUT2D eigenvalue weighted by molar-refractivity contribution is 0.0949. The number of carbonyl (C=O) groups is 1. The number of benzene rings is 2. The summed E-state index contributed by atoms with van der Waals surface area (Å²) in [7, 11) is 1.65. The van der Waals surface area contributed by atoms with Crippen molar-refractivity contribution in [2.75, 3.05) is 7.11 Å². The highest BCUT2D eigenvalue weighted by molar-refractivity contribution is 5.95. The number of amides is 1. The monoisotopic (exact) mass is 401 g/mol. The molecule has 1 amide bonds. The van der Waals surface area contributed by atoms with Crippen molar-refractivity contribution < 1.29 is 13.9 Å². The summed E-state index contributed by atoms with van der Waals surface area (Å²) in [6.07, 6.45) is 1.82. The summed E-state index contributed by atoms with van der Waals surface area (Å²) in [6, 6.07) is 17.5. The molecule has 0 radical (unpaired) electrons. The number of rotatable bonds is 6. The van der Waals surface area contributed by atoms with Crippen LogP contribution in [-0.4, -0.2) is 23.0 Å². The molecule has 4 rings (SSSR count). The van der Waals surface area contributed by atoms with E-state index in [2.05, 4.69) is 15.3 Å². The molecular weight excluding hydrogens is 378 g/mol. The normalized spacial score (nSPS) is 10.8. The first-order valence-electron chi connectivity index (χ1n) is 9.67. The number of nitrogens with one attached hydrogen (secondary N) is 2. The van der Waals surface area contributed by atoms with Crippen molar-refractivity contribution >= 4 is 5.91 Å². The van der Waals surface area contributed by atoms with Gasteiger partial charge >= 0.3 is 0 Å². The fourth-order valence-corrected chi connectivity index (χ4v) is 3.30. The molecule has 0 saturated heterocycles. The van der Waals surface area contributed by atoms with Crippen molar-refractivity contribution in [1.29, 1.82) is 0 Å². The van der Waals surface area contributed by atoms with E-state index in [1.165, 1.54) is 0 Å². The number of furan rings is 1. The minimum atomic E-state index is -0.136. The molecule has 0 spiro atoms. The minimum absolute atomic E-state index is 0.136. The van der Waals surface area contributed by atoms with Gasteiger partial charge in [0.05, 0.1) is 24.6 Å². The Bertz CT molecular complexity index is 1160. The summed E-state index contributed by atoms with van der Waals surface area (Å²) in [5.74, 6) is 2.84. The topological polar surface area (TPSA) is 80.2 Å². The third kappa shape index (κ3) is 4.12. The van der Waals surface area contributed by atoms with E-state index in [0.717, 1.165) is 39.7 Å². The third-order valence-corrected chi connectivity index (χ3v) is 4.94. The average molecular weight is 401 g/mol. The summed E-state index contributed by atoms with van der Waals surface area (Å²) < 4.78 is 10.6. The summed E-state index contributed by atoms with van der Waals surface area (Å²) in [5.41, 5.74) is 4.54. The predicted molar refractivity (Wildman–Crippen MR) is 115 cm³/mol. The van der Waals surface area contributed by atoms with Gasteiger partial charge in [-0.25, -0.2) is 4.98 Å². The van der Waals surface area contributed by atoms with Gasteiger partial charge in [-0.15, -0.1) is 0 Å². The smallest absolute Gasteiger partial charge is 0.255 e. The standard InChI is InChI=1S/C24H23N3O3/c1-15-12-21(16(2)30-15)24(28)26-13-17-4-6-19(7-5-17)23-25-14-22(27-23)18-8-10-20(29-3)11-9-18/h4-12,14H,13H2,1-3H3,(H,25,27)(H,26,28). The molecule has 6 heteroatoms.